The van der Waals surface area contributed by atoms with Crippen molar-refractivity contribution in [3.8, 4) is 0 Å². The van der Waals surface area contributed by atoms with Crippen LogP contribution in [0.4, 0.5) is 13.2 Å². The highest BCUT2D eigenvalue weighted by Crippen LogP contribution is 2.18. The minimum absolute atomic E-state index is 0.0504. The molecule has 0 bridgehead atoms. The number of alkyl halides is 3. The molecular formula is C14H20F3NO. The lowest BCUT2D eigenvalue weighted by Gasteiger charge is -2.17. The van der Waals surface area contributed by atoms with Crippen molar-refractivity contribution in [3.05, 3.63) is 34.9 Å². The predicted octanol–water partition coefficient (Wildman–Crippen LogP) is 3.53. The van der Waals surface area contributed by atoms with Gasteiger partial charge >= 0.3 is 6.18 Å². The Bertz CT molecular complexity index is 404. The lowest BCUT2D eigenvalue weighted by atomic mass is 10.0. The Balaban J connectivity index is 2.33. The van der Waals surface area contributed by atoms with E-state index in [-0.39, 0.29) is 12.6 Å². The van der Waals surface area contributed by atoms with Gasteiger partial charge in [0, 0.05) is 12.6 Å². The van der Waals surface area contributed by atoms with E-state index in [1.54, 1.807) is 0 Å². The van der Waals surface area contributed by atoms with Crippen LogP contribution in [0.1, 0.15) is 29.7 Å². The SMILES string of the molecule is Cc1ccc(C(C)NCCOCC(F)(F)F)c(C)c1. The van der Waals surface area contributed by atoms with Gasteiger partial charge in [-0.3, -0.25) is 0 Å². The summed E-state index contributed by atoms with van der Waals surface area (Å²) in [5.41, 5.74) is 3.53. The summed E-state index contributed by atoms with van der Waals surface area (Å²) in [5, 5.41) is 3.15. The molecule has 0 aromatic heterocycles. The Hall–Kier alpha value is -1.07. The monoisotopic (exact) mass is 275 g/mol. The lowest BCUT2D eigenvalue weighted by molar-refractivity contribution is -0.173. The van der Waals surface area contributed by atoms with Gasteiger partial charge in [0.05, 0.1) is 6.61 Å². The number of hydrogen-bond acceptors (Lipinski definition) is 2. The summed E-state index contributed by atoms with van der Waals surface area (Å²) in [7, 11) is 0. The third kappa shape index (κ3) is 6.07. The van der Waals surface area contributed by atoms with Crippen LogP contribution in [0.3, 0.4) is 0 Å². The Labute approximate surface area is 112 Å². The minimum Gasteiger partial charge on any atom is -0.371 e. The molecule has 0 fully saturated rings. The normalized spacial score (nSPS) is 13.6. The summed E-state index contributed by atoms with van der Waals surface area (Å²) < 4.78 is 40.1. The summed E-state index contributed by atoms with van der Waals surface area (Å²) in [6.07, 6.45) is -4.25. The Morgan fingerprint density at radius 1 is 1.26 bits per heavy atom. The van der Waals surface area contributed by atoms with E-state index in [4.69, 9.17) is 0 Å². The Morgan fingerprint density at radius 3 is 2.53 bits per heavy atom. The molecule has 5 heteroatoms. The van der Waals surface area contributed by atoms with Crippen molar-refractivity contribution in [3.63, 3.8) is 0 Å². The fourth-order valence-electron chi connectivity index (χ4n) is 1.96. The predicted molar refractivity (Wildman–Crippen MR) is 69.2 cm³/mol. The molecule has 0 saturated carbocycles. The second kappa shape index (κ2) is 6.91. The van der Waals surface area contributed by atoms with Gasteiger partial charge in [-0.1, -0.05) is 23.8 Å². The fraction of sp³-hybridized carbons (Fsp3) is 0.571. The zero-order valence-electron chi connectivity index (χ0n) is 11.5. The van der Waals surface area contributed by atoms with E-state index in [1.807, 2.05) is 32.9 Å². The van der Waals surface area contributed by atoms with Crippen molar-refractivity contribution in [1.29, 1.82) is 0 Å². The fourth-order valence-corrected chi connectivity index (χ4v) is 1.96. The Morgan fingerprint density at radius 2 is 1.95 bits per heavy atom. The number of hydrogen-bond donors (Lipinski definition) is 1. The molecule has 0 aliphatic rings. The van der Waals surface area contributed by atoms with Crippen molar-refractivity contribution in [2.75, 3.05) is 19.8 Å². The molecule has 19 heavy (non-hydrogen) atoms. The second-order valence-electron chi connectivity index (χ2n) is 4.70. The highest BCUT2D eigenvalue weighted by molar-refractivity contribution is 5.32. The van der Waals surface area contributed by atoms with Gasteiger partial charge in [-0.15, -0.1) is 0 Å². The average Bonchev–Trinajstić information content (AvgIpc) is 2.26. The number of rotatable bonds is 6. The van der Waals surface area contributed by atoms with Crippen LogP contribution in [0, 0.1) is 13.8 Å². The minimum atomic E-state index is -4.25. The van der Waals surface area contributed by atoms with E-state index in [9.17, 15) is 13.2 Å². The number of benzene rings is 1. The largest absolute Gasteiger partial charge is 0.411 e. The maximum atomic E-state index is 11.9. The summed E-state index contributed by atoms with van der Waals surface area (Å²) in [6.45, 7) is 5.30. The molecule has 0 amide bonds. The highest BCUT2D eigenvalue weighted by Gasteiger charge is 2.27. The van der Waals surface area contributed by atoms with Crippen molar-refractivity contribution < 1.29 is 17.9 Å². The summed E-state index contributed by atoms with van der Waals surface area (Å²) >= 11 is 0. The molecule has 0 aliphatic heterocycles. The van der Waals surface area contributed by atoms with E-state index < -0.39 is 12.8 Å². The number of ether oxygens (including phenoxy) is 1. The van der Waals surface area contributed by atoms with E-state index in [1.165, 1.54) is 11.1 Å². The molecule has 1 rings (SSSR count). The van der Waals surface area contributed by atoms with Crippen LogP contribution in [-0.4, -0.2) is 25.9 Å². The summed E-state index contributed by atoms with van der Waals surface area (Å²) in [5.74, 6) is 0. The van der Waals surface area contributed by atoms with Crippen LogP contribution in [-0.2, 0) is 4.74 Å². The quantitative estimate of drug-likeness (QED) is 0.802. The topological polar surface area (TPSA) is 21.3 Å². The van der Waals surface area contributed by atoms with Crippen LogP contribution < -0.4 is 5.32 Å². The van der Waals surface area contributed by atoms with Gasteiger partial charge in [-0.25, -0.2) is 0 Å². The van der Waals surface area contributed by atoms with E-state index in [2.05, 4.69) is 16.1 Å². The molecule has 0 aliphatic carbocycles. The molecule has 1 atom stereocenters. The van der Waals surface area contributed by atoms with Gasteiger partial charge in [-0.05, 0) is 31.9 Å². The molecule has 0 saturated heterocycles. The first-order valence-corrected chi connectivity index (χ1v) is 6.24. The highest BCUT2D eigenvalue weighted by atomic mass is 19.4. The zero-order chi connectivity index (χ0) is 14.5. The molecule has 1 N–H and O–H groups in total. The molecular weight excluding hydrogens is 255 g/mol. The average molecular weight is 275 g/mol. The number of aryl methyl sites for hydroxylation is 2. The molecule has 1 unspecified atom stereocenters. The van der Waals surface area contributed by atoms with Gasteiger partial charge in [-0.2, -0.15) is 13.2 Å². The maximum absolute atomic E-state index is 11.9. The molecule has 0 spiro atoms. The van der Waals surface area contributed by atoms with Crippen LogP contribution in [0.2, 0.25) is 0 Å². The van der Waals surface area contributed by atoms with Gasteiger partial charge in [0.1, 0.15) is 6.61 Å². The van der Waals surface area contributed by atoms with Gasteiger partial charge in [0.15, 0.2) is 0 Å². The maximum Gasteiger partial charge on any atom is 0.411 e. The number of nitrogens with one attached hydrogen (secondary N) is 1. The van der Waals surface area contributed by atoms with Crippen molar-refractivity contribution in [2.24, 2.45) is 0 Å². The Kier molecular flexibility index (Phi) is 5.82. The molecule has 108 valence electrons. The van der Waals surface area contributed by atoms with Crippen molar-refractivity contribution >= 4 is 0 Å². The molecule has 0 heterocycles. The molecule has 1 aromatic rings. The third-order valence-electron chi connectivity index (χ3n) is 2.85. The van der Waals surface area contributed by atoms with Crippen LogP contribution in [0.15, 0.2) is 18.2 Å². The smallest absolute Gasteiger partial charge is 0.371 e. The first-order chi connectivity index (χ1) is 8.79. The third-order valence-corrected chi connectivity index (χ3v) is 2.85. The first-order valence-electron chi connectivity index (χ1n) is 6.24. The van der Waals surface area contributed by atoms with E-state index >= 15 is 0 Å². The van der Waals surface area contributed by atoms with Crippen LogP contribution >= 0.6 is 0 Å². The molecule has 0 radical (unpaired) electrons. The van der Waals surface area contributed by atoms with Crippen molar-refractivity contribution in [2.45, 2.75) is 33.0 Å². The zero-order valence-corrected chi connectivity index (χ0v) is 11.5. The van der Waals surface area contributed by atoms with E-state index in [0.29, 0.717) is 6.54 Å². The van der Waals surface area contributed by atoms with Gasteiger partial charge in [0.25, 0.3) is 0 Å². The summed E-state index contributed by atoms with van der Waals surface area (Å²) in [6, 6.07) is 6.25. The molecule has 1 aromatic carbocycles. The standard InChI is InChI=1S/C14H20F3NO/c1-10-4-5-13(11(2)8-10)12(3)18-6-7-19-9-14(15,16)17/h4-5,8,12,18H,6-7,9H2,1-3H3. The second-order valence-corrected chi connectivity index (χ2v) is 4.70. The van der Waals surface area contributed by atoms with Gasteiger partial charge in [0.2, 0.25) is 0 Å². The number of halogens is 3. The lowest BCUT2D eigenvalue weighted by Crippen LogP contribution is -2.26. The van der Waals surface area contributed by atoms with Crippen LogP contribution in [0.25, 0.3) is 0 Å². The van der Waals surface area contributed by atoms with E-state index in [0.717, 1.165) is 5.56 Å². The van der Waals surface area contributed by atoms with Gasteiger partial charge < -0.3 is 10.1 Å². The van der Waals surface area contributed by atoms with Crippen molar-refractivity contribution in [1.82, 2.24) is 5.32 Å². The first kappa shape index (κ1) is 16.0. The van der Waals surface area contributed by atoms with Crippen LogP contribution in [0.5, 0.6) is 0 Å². The summed E-state index contributed by atoms with van der Waals surface area (Å²) in [4.78, 5) is 0. The molecule has 2 nitrogen and oxygen atoms in total.